The largest absolute Gasteiger partial charge is 0.486 e. The lowest BCUT2D eigenvalue weighted by Gasteiger charge is -2.13. The molecule has 1 aromatic heterocycles. The van der Waals surface area contributed by atoms with Gasteiger partial charge in [-0.15, -0.1) is 0 Å². The van der Waals surface area contributed by atoms with Crippen LogP contribution in [0.5, 0.6) is 5.75 Å². The minimum atomic E-state index is -0.274. The van der Waals surface area contributed by atoms with Gasteiger partial charge in [-0.2, -0.15) is 0 Å². The number of nitrogens with two attached hydrogens (primary N) is 1. The summed E-state index contributed by atoms with van der Waals surface area (Å²) in [7, 11) is 1.56. The average Bonchev–Trinajstić information content (AvgIpc) is 2.66. The molecule has 0 saturated carbocycles. The second-order valence-electron chi connectivity index (χ2n) is 5.87. The third kappa shape index (κ3) is 4.25. The topological polar surface area (TPSA) is 90.1 Å². The van der Waals surface area contributed by atoms with E-state index in [4.69, 9.17) is 10.5 Å². The van der Waals surface area contributed by atoms with Crippen LogP contribution in [0.4, 0.5) is 5.95 Å². The first-order valence-corrected chi connectivity index (χ1v) is 9.11. The Balaban J connectivity index is 1.84. The summed E-state index contributed by atoms with van der Waals surface area (Å²) in [5.41, 5.74) is 9.26. The van der Waals surface area contributed by atoms with Crippen molar-refractivity contribution in [2.24, 2.45) is 0 Å². The Morgan fingerprint density at radius 1 is 1.15 bits per heavy atom. The summed E-state index contributed by atoms with van der Waals surface area (Å²) in [6.45, 7) is 1.82. The Kier molecular flexibility index (Phi) is 5.71. The molecule has 138 valence electrons. The maximum atomic E-state index is 12.1. The van der Waals surface area contributed by atoms with Crippen molar-refractivity contribution in [3.8, 4) is 16.9 Å². The summed E-state index contributed by atoms with van der Waals surface area (Å²) in [6, 6.07) is 15.9. The molecule has 0 bridgehead atoms. The smallest absolute Gasteiger partial charge is 0.254 e. The summed E-state index contributed by atoms with van der Waals surface area (Å²) in [5.74, 6) is 0.481. The van der Waals surface area contributed by atoms with Gasteiger partial charge in [0, 0.05) is 7.05 Å². The minimum absolute atomic E-state index is 0.0968. The number of nitrogens with one attached hydrogen (secondary N) is 1. The van der Waals surface area contributed by atoms with Crippen molar-refractivity contribution in [1.29, 1.82) is 0 Å². The number of aryl methyl sites for hydroxylation is 1. The molecule has 3 aromatic rings. The van der Waals surface area contributed by atoms with Crippen molar-refractivity contribution in [2.45, 2.75) is 13.5 Å². The molecule has 7 heteroatoms. The molecule has 0 saturated heterocycles. The lowest BCUT2D eigenvalue weighted by atomic mass is 10.1. The molecule has 0 aliphatic carbocycles. The molecule has 2 aromatic carbocycles. The van der Waals surface area contributed by atoms with Crippen LogP contribution in [0.1, 0.15) is 21.7 Å². The molecule has 0 atom stereocenters. The van der Waals surface area contributed by atoms with Crippen LogP contribution in [-0.4, -0.2) is 22.9 Å². The minimum Gasteiger partial charge on any atom is -0.486 e. The molecular weight excluding hydrogens is 408 g/mol. The van der Waals surface area contributed by atoms with Crippen LogP contribution < -0.4 is 15.8 Å². The summed E-state index contributed by atoms with van der Waals surface area (Å²) in [5, 5.41) is 2.59. The number of aromatic nitrogens is 2. The molecule has 1 amide bonds. The second kappa shape index (κ2) is 8.18. The quantitative estimate of drug-likeness (QED) is 0.648. The van der Waals surface area contributed by atoms with Crippen molar-refractivity contribution in [3.05, 3.63) is 70.0 Å². The SMILES string of the molecule is CNC(=O)c1c(C)nc(N)nc1COc1ccc(-c2ccccc2)cc1Br. The molecule has 0 fully saturated rings. The number of nitrogens with zero attached hydrogens (tertiary/aromatic N) is 2. The number of hydrogen-bond donors (Lipinski definition) is 2. The fourth-order valence-corrected chi connectivity index (χ4v) is 3.25. The predicted octanol–water partition coefficient (Wildman–Crippen LogP) is 3.74. The highest BCUT2D eigenvalue weighted by Gasteiger charge is 2.18. The van der Waals surface area contributed by atoms with Crippen molar-refractivity contribution in [3.63, 3.8) is 0 Å². The third-order valence-corrected chi connectivity index (χ3v) is 4.66. The van der Waals surface area contributed by atoms with Crippen molar-refractivity contribution >= 4 is 27.8 Å². The van der Waals surface area contributed by atoms with Crippen molar-refractivity contribution < 1.29 is 9.53 Å². The Bertz CT molecular complexity index is 977. The number of carbonyl (C=O) groups is 1. The van der Waals surface area contributed by atoms with Crippen LogP contribution in [0.15, 0.2) is 53.0 Å². The fourth-order valence-electron chi connectivity index (χ4n) is 2.75. The zero-order chi connectivity index (χ0) is 19.4. The van der Waals surface area contributed by atoms with Gasteiger partial charge in [-0.25, -0.2) is 9.97 Å². The van der Waals surface area contributed by atoms with E-state index < -0.39 is 0 Å². The van der Waals surface area contributed by atoms with E-state index >= 15 is 0 Å². The zero-order valence-corrected chi connectivity index (χ0v) is 16.6. The highest BCUT2D eigenvalue weighted by molar-refractivity contribution is 9.10. The van der Waals surface area contributed by atoms with Crippen LogP contribution >= 0.6 is 15.9 Å². The van der Waals surface area contributed by atoms with Crippen molar-refractivity contribution in [2.75, 3.05) is 12.8 Å². The maximum Gasteiger partial charge on any atom is 0.254 e. The van der Waals surface area contributed by atoms with Gasteiger partial charge in [0.15, 0.2) is 0 Å². The predicted molar refractivity (Wildman–Crippen MR) is 108 cm³/mol. The van der Waals surface area contributed by atoms with E-state index in [1.54, 1.807) is 14.0 Å². The molecule has 6 nitrogen and oxygen atoms in total. The van der Waals surface area contributed by atoms with E-state index in [-0.39, 0.29) is 18.5 Å². The normalized spacial score (nSPS) is 10.5. The van der Waals surface area contributed by atoms with E-state index in [1.807, 2.05) is 48.5 Å². The number of anilines is 1. The number of benzene rings is 2. The number of ether oxygens (including phenoxy) is 1. The summed E-state index contributed by atoms with van der Waals surface area (Å²) in [6.07, 6.45) is 0. The third-order valence-electron chi connectivity index (χ3n) is 4.04. The lowest BCUT2D eigenvalue weighted by molar-refractivity contribution is 0.0959. The second-order valence-corrected chi connectivity index (χ2v) is 6.72. The van der Waals surface area contributed by atoms with E-state index in [0.717, 1.165) is 15.6 Å². The van der Waals surface area contributed by atoms with Gasteiger partial charge in [0.25, 0.3) is 5.91 Å². The number of amides is 1. The van der Waals surface area contributed by atoms with Gasteiger partial charge in [0.05, 0.1) is 21.4 Å². The van der Waals surface area contributed by atoms with Crippen LogP contribution in [0.3, 0.4) is 0 Å². The Morgan fingerprint density at radius 2 is 1.89 bits per heavy atom. The van der Waals surface area contributed by atoms with Gasteiger partial charge >= 0.3 is 0 Å². The average molecular weight is 427 g/mol. The van der Waals surface area contributed by atoms with Crippen LogP contribution in [0.2, 0.25) is 0 Å². The molecule has 0 radical (unpaired) electrons. The zero-order valence-electron chi connectivity index (χ0n) is 15.0. The van der Waals surface area contributed by atoms with Gasteiger partial charge in [0.2, 0.25) is 5.95 Å². The lowest BCUT2D eigenvalue weighted by Crippen LogP contribution is -2.23. The molecule has 3 N–H and O–H groups in total. The maximum absolute atomic E-state index is 12.1. The van der Waals surface area contributed by atoms with Gasteiger partial charge in [-0.1, -0.05) is 36.4 Å². The molecule has 0 aliphatic heterocycles. The molecule has 27 heavy (non-hydrogen) atoms. The molecule has 0 spiro atoms. The Morgan fingerprint density at radius 3 is 2.56 bits per heavy atom. The molecule has 0 aliphatic rings. The first kappa shape index (κ1) is 18.8. The number of rotatable bonds is 5. The molecule has 0 unspecified atom stereocenters. The Hall–Kier alpha value is -2.93. The van der Waals surface area contributed by atoms with E-state index in [2.05, 4.69) is 31.2 Å². The van der Waals surface area contributed by atoms with Gasteiger partial charge in [0.1, 0.15) is 12.4 Å². The van der Waals surface area contributed by atoms with Crippen LogP contribution in [-0.2, 0) is 6.61 Å². The monoisotopic (exact) mass is 426 g/mol. The van der Waals surface area contributed by atoms with E-state index in [1.165, 1.54) is 0 Å². The standard InChI is InChI=1S/C20H19BrN4O2/c1-12-18(19(26)23-2)16(25-20(22)24-12)11-27-17-9-8-14(10-15(17)21)13-6-4-3-5-7-13/h3-10H,11H2,1-2H3,(H,23,26)(H2,22,24,25). The van der Waals surface area contributed by atoms with Gasteiger partial charge in [-0.3, -0.25) is 4.79 Å². The molecule has 1 heterocycles. The van der Waals surface area contributed by atoms with Crippen LogP contribution in [0, 0.1) is 6.92 Å². The number of nitrogen functional groups attached to an aromatic ring is 1. The number of carbonyl (C=O) groups excluding carboxylic acids is 1. The van der Waals surface area contributed by atoms with E-state index in [0.29, 0.717) is 22.7 Å². The summed E-state index contributed by atoms with van der Waals surface area (Å²) < 4.78 is 6.70. The van der Waals surface area contributed by atoms with Gasteiger partial charge in [-0.05, 0) is 46.1 Å². The number of halogens is 1. The van der Waals surface area contributed by atoms with Gasteiger partial charge < -0.3 is 15.8 Å². The Labute approximate surface area is 165 Å². The van der Waals surface area contributed by atoms with Crippen molar-refractivity contribution in [1.82, 2.24) is 15.3 Å². The highest BCUT2D eigenvalue weighted by atomic mass is 79.9. The highest BCUT2D eigenvalue weighted by Crippen LogP contribution is 2.31. The molecular formula is C20H19BrN4O2. The fraction of sp³-hybridized carbons (Fsp3) is 0.150. The molecule has 3 rings (SSSR count). The van der Waals surface area contributed by atoms with Crippen LogP contribution in [0.25, 0.3) is 11.1 Å². The first-order valence-electron chi connectivity index (χ1n) is 8.32. The first-order chi connectivity index (χ1) is 13.0. The summed E-state index contributed by atoms with van der Waals surface area (Å²) in [4.78, 5) is 20.4. The number of hydrogen-bond acceptors (Lipinski definition) is 5. The summed E-state index contributed by atoms with van der Waals surface area (Å²) >= 11 is 3.55. The van der Waals surface area contributed by atoms with E-state index in [9.17, 15) is 4.79 Å².